The van der Waals surface area contributed by atoms with Crippen LogP contribution >= 0.6 is 11.6 Å². The van der Waals surface area contributed by atoms with Gasteiger partial charge in [0.05, 0.1) is 0 Å². The zero-order valence-electron chi connectivity index (χ0n) is 8.83. The van der Waals surface area contributed by atoms with E-state index in [0.29, 0.717) is 5.82 Å². The lowest BCUT2D eigenvalue weighted by molar-refractivity contribution is -0.120. The van der Waals surface area contributed by atoms with E-state index in [0.717, 1.165) is 12.8 Å². The summed E-state index contributed by atoms with van der Waals surface area (Å²) in [6.45, 7) is 3.97. The van der Waals surface area contributed by atoms with E-state index in [1.807, 2.05) is 13.8 Å². The lowest BCUT2D eigenvalue weighted by atomic mass is 10.0. The third-order valence-corrected chi connectivity index (χ3v) is 2.42. The first-order valence-electron chi connectivity index (χ1n) is 4.96. The molecule has 82 valence electrons. The summed E-state index contributed by atoms with van der Waals surface area (Å²) in [5.74, 6) is 0.459. The summed E-state index contributed by atoms with van der Waals surface area (Å²) in [5, 5.41) is 2.85. The Morgan fingerprint density at radius 2 is 2.20 bits per heavy atom. The molecule has 1 rings (SSSR count). The highest BCUT2D eigenvalue weighted by Gasteiger charge is 2.14. The maximum Gasteiger partial charge on any atom is 0.228 e. The number of anilines is 1. The van der Waals surface area contributed by atoms with Crippen LogP contribution in [0, 0.1) is 5.92 Å². The molecular weight excluding hydrogens is 214 g/mol. The smallest absolute Gasteiger partial charge is 0.228 e. The lowest BCUT2D eigenvalue weighted by Crippen LogP contribution is -2.22. The Kier molecular flexibility index (Phi) is 4.49. The van der Waals surface area contributed by atoms with Gasteiger partial charge in [-0.1, -0.05) is 13.8 Å². The Bertz CT molecular complexity index is 339. The number of hydrogen-bond acceptors (Lipinski definition) is 3. The van der Waals surface area contributed by atoms with Crippen molar-refractivity contribution >= 4 is 23.3 Å². The quantitative estimate of drug-likeness (QED) is 0.805. The fourth-order valence-electron chi connectivity index (χ4n) is 1.29. The number of carbonyl (C=O) groups excluding carboxylic acids is 1. The zero-order valence-corrected chi connectivity index (χ0v) is 9.58. The SMILES string of the molecule is CCC(CC)C(=O)Nc1ccnc(Cl)n1. The van der Waals surface area contributed by atoms with Gasteiger partial charge >= 0.3 is 0 Å². The van der Waals surface area contributed by atoms with Crippen molar-refractivity contribution in [2.24, 2.45) is 5.92 Å². The summed E-state index contributed by atoms with van der Waals surface area (Å²) in [5.41, 5.74) is 0. The third kappa shape index (κ3) is 3.47. The van der Waals surface area contributed by atoms with Gasteiger partial charge in [-0.2, -0.15) is 0 Å². The number of carbonyl (C=O) groups is 1. The number of nitrogens with zero attached hydrogens (tertiary/aromatic N) is 2. The van der Waals surface area contributed by atoms with Gasteiger partial charge in [-0.15, -0.1) is 0 Å². The summed E-state index contributed by atoms with van der Waals surface area (Å²) >= 11 is 5.60. The van der Waals surface area contributed by atoms with E-state index in [4.69, 9.17) is 11.6 Å². The molecule has 0 atom stereocenters. The molecule has 0 spiro atoms. The number of aromatic nitrogens is 2. The van der Waals surface area contributed by atoms with Crippen LogP contribution in [0.15, 0.2) is 12.3 Å². The molecule has 4 nitrogen and oxygen atoms in total. The molecule has 0 saturated carbocycles. The van der Waals surface area contributed by atoms with Crippen LogP contribution in [0.5, 0.6) is 0 Å². The number of halogens is 1. The summed E-state index contributed by atoms with van der Waals surface area (Å²) < 4.78 is 0. The molecule has 0 aliphatic heterocycles. The van der Waals surface area contributed by atoms with E-state index >= 15 is 0 Å². The van der Waals surface area contributed by atoms with Crippen LogP contribution in [0.25, 0.3) is 0 Å². The average molecular weight is 228 g/mol. The van der Waals surface area contributed by atoms with E-state index in [1.165, 1.54) is 6.20 Å². The zero-order chi connectivity index (χ0) is 11.3. The van der Waals surface area contributed by atoms with Gasteiger partial charge < -0.3 is 5.32 Å². The van der Waals surface area contributed by atoms with E-state index in [2.05, 4.69) is 15.3 Å². The minimum absolute atomic E-state index is 0.0187. The Balaban J connectivity index is 2.65. The first-order valence-corrected chi connectivity index (χ1v) is 5.34. The van der Waals surface area contributed by atoms with Crippen molar-refractivity contribution in [2.45, 2.75) is 26.7 Å². The molecule has 0 radical (unpaired) electrons. The van der Waals surface area contributed by atoms with Crippen molar-refractivity contribution in [2.75, 3.05) is 5.32 Å². The molecule has 1 aromatic heterocycles. The molecule has 0 fully saturated rings. The molecule has 0 unspecified atom stereocenters. The minimum Gasteiger partial charge on any atom is -0.310 e. The third-order valence-electron chi connectivity index (χ3n) is 2.23. The van der Waals surface area contributed by atoms with Gasteiger partial charge in [-0.25, -0.2) is 9.97 Å². The van der Waals surface area contributed by atoms with Gasteiger partial charge in [0.1, 0.15) is 5.82 Å². The molecule has 15 heavy (non-hydrogen) atoms. The maximum atomic E-state index is 11.7. The minimum atomic E-state index is -0.0187. The number of amides is 1. The Labute approximate surface area is 94.1 Å². The largest absolute Gasteiger partial charge is 0.310 e. The fraction of sp³-hybridized carbons (Fsp3) is 0.500. The van der Waals surface area contributed by atoms with E-state index in [-0.39, 0.29) is 17.1 Å². The van der Waals surface area contributed by atoms with Crippen molar-refractivity contribution in [1.29, 1.82) is 0 Å². The van der Waals surface area contributed by atoms with Crippen LogP contribution in [0.3, 0.4) is 0 Å². The summed E-state index contributed by atoms with van der Waals surface area (Å²) in [6.07, 6.45) is 3.15. The molecule has 5 heteroatoms. The van der Waals surface area contributed by atoms with Crippen molar-refractivity contribution in [3.63, 3.8) is 0 Å². The summed E-state index contributed by atoms with van der Waals surface area (Å²) in [7, 11) is 0. The molecule has 0 aliphatic carbocycles. The van der Waals surface area contributed by atoms with Gasteiger partial charge in [0.2, 0.25) is 11.2 Å². The van der Waals surface area contributed by atoms with Crippen molar-refractivity contribution in [3.05, 3.63) is 17.5 Å². The van der Waals surface area contributed by atoms with Crippen LogP contribution in [-0.2, 0) is 4.79 Å². The normalized spacial score (nSPS) is 10.4. The van der Waals surface area contributed by atoms with Gasteiger partial charge in [-0.05, 0) is 30.5 Å². The van der Waals surface area contributed by atoms with Gasteiger partial charge in [0, 0.05) is 12.1 Å². The first kappa shape index (κ1) is 11.9. The van der Waals surface area contributed by atoms with Gasteiger partial charge in [-0.3, -0.25) is 4.79 Å². The standard InChI is InChI=1S/C10H14ClN3O/c1-3-7(4-2)9(15)13-8-5-6-12-10(11)14-8/h5-7H,3-4H2,1-2H3,(H,12,13,14,15). The topological polar surface area (TPSA) is 54.9 Å². The first-order chi connectivity index (χ1) is 7.17. The average Bonchev–Trinajstić information content (AvgIpc) is 2.19. The molecule has 1 aromatic rings. The van der Waals surface area contributed by atoms with Gasteiger partial charge in [0.25, 0.3) is 0 Å². The predicted molar refractivity (Wildman–Crippen MR) is 59.7 cm³/mol. The van der Waals surface area contributed by atoms with E-state index in [9.17, 15) is 4.79 Å². The predicted octanol–water partition coefficient (Wildman–Crippen LogP) is 2.50. The highest BCUT2D eigenvalue weighted by atomic mass is 35.5. The van der Waals surface area contributed by atoms with E-state index < -0.39 is 0 Å². The summed E-state index contributed by atoms with van der Waals surface area (Å²) in [4.78, 5) is 19.3. The second-order valence-corrected chi connectivity index (χ2v) is 3.55. The Morgan fingerprint density at radius 3 is 2.73 bits per heavy atom. The van der Waals surface area contributed by atoms with Crippen LogP contribution in [-0.4, -0.2) is 15.9 Å². The molecule has 1 N–H and O–H groups in total. The second-order valence-electron chi connectivity index (χ2n) is 3.21. The van der Waals surface area contributed by atoms with Crippen molar-refractivity contribution in [1.82, 2.24) is 9.97 Å². The van der Waals surface area contributed by atoms with Crippen molar-refractivity contribution in [3.8, 4) is 0 Å². The van der Waals surface area contributed by atoms with Crippen LogP contribution < -0.4 is 5.32 Å². The number of hydrogen-bond donors (Lipinski definition) is 1. The molecule has 0 aromatic carbocycles. The highest BCUT2D eigenvalue weighted by molar-refractivity contribution is 6.28. The van der Waals surface area contributed by atoms with Crippen LogP contribution in [0.1, 0.15) is 26.7 Å². The Hall–Kier alpha value is -1.16. The maximum absolute atomic E-state index is 11.7. The highest BCUT2D eigenvalue weighted by Crippen LogP contribution is 2.12. The molecular formula is C10H14ClN3O. The molecule has 1 heterocycles. The molecule has 1 amide bonds. The van der Waals surface area contributed by atoms with Crippen LogP contribution in [0.4, 0.5) is 5.82 Å². The number of nitrogens with one attached hydrogen (secondary N) is 1. The summed E-state index contributed by atoms with van der Waals surface area (Å²) in [6, 6.07) is 1.62. The molecule has 0 bridgehead atoms. The second kappa shape index (κ2) is 5.66. The number of rotatable bonds is 4. The molecule has 0 aliphatic rings. The monoisotopic (exact) mass is 227 g/mol. The fourth-order valence-corrected chi connectivity index (χ4v) is 1.44. The van der Waals surface area contributed by atoms with Crippen LogP contribution in [0.2, 0.25) is 5.28 Å². The van der Waals surface area contributed by atoms with E-state index in [1.54, 1.807) is 6.07 Å². The van der Waals surface area contributed by atoms with Crippen molar-refractivity contribution < 1.29 is 4.79 Å². The Morgan fingerprint density at radius 1 is 1.53 bits per heavy atom. The molecule has 0 saturated heterocycles. The lowest BCUT2D eigenvalue weighted by Gasteiger charge is -2.11. The van der Waals surface area contributed by atoms with Gasteiger partial charge in [0.15, 0.2) is 0 Å².